The molecule has 2 aromatic carbocycles. The third-order valence-corrected chi connectivity index (χ3v) is 9.22. The van der Waals surface area contributed by atoms with Gasteiger partial charge in [-0.2, -0.15) is 4.31 Å². The summed E-state index contributed by atoms with van der Waals surface area (Å²) >= 11 is 0. The van der Waals surface area contributed by atoms with Gasteiger partial charge in [-0.15, -0.1) is 0 Å². The Bertz CT molecular complexity index is 1130. The summed E-state index contributed by atoms with van der Waals surface area (Å²) in [6.45, 7) is 1.74. The Hall–Kier alpha value is -2.58. The molecule has 1 aliphatic carbocycles. The molecule has 0 N–H and O–H groups in total. The summed E-state index contributed by atoms with van der Waals surface area (Å²) in [6, 6.07) is 9.59. The predicted molar refractivity (Wildman–Crippen MR) is 129 cm³/mol. The molecule has 2 aromatic rings. The van der Waals surface area contributed by atoms with Crippen LogP contribution in [-0.2, 0) is 14.8 Å². The number of methoxy groups -OCH3 is 3. The van der Waals surface area contributed by atoms with Gasteiger partial charge in [-0.05, 0) is 38.3 Å². The van der Waals surface area contributed by atoms with Crippen molar-refractivity contribution in [2.75, 3.05) is 27.9 Å². The highest BCUT2D eigenvalue weighted by molar-refractivity contribution is 7.89. The van der Waals surface area contributed by atoms with Gasteiger partial charge in [0.25, 0.3) is 0 Å². The van der Waals surface area contributed by atoms with Gasteiger partial charge >= 0.3 is 0 Å². The van der Waals surface area contributed by atoms with Crippen molar-refractivity contribution in [3.63, 3.8) is 0 Å². The van der Waals surface area contributed by atoms with Gasteiger partial charge in [-0.25, -0.2) is 8.42 Å². The minimum absolute atomic E-state index is 0.00517. The van der Waals surface area contributed by atoms with Gasteiger partial charge in [0.1, 0.15) is 17.2 Å². The first-order valence-corrected chi connectivity index (χ1v) is 13.1. The molecule has 2 fully saturated rings. The summed E-state index contributed by atoms with van der Waals surface area (Å²) in [5.41, 5.74) is 1.06. The fourth-order valence-electron chi connectivity index (χ4n) is 5.42. The standard InChI is InChI=1S/C26H33NO6S/c1-18-8-10-20(11-9-18)34(29,30)27-17-24(28)26(12-6-5-7-13-26)16-21(27)25-22(32-3)14-19(31-2)15-23(25)33-4/h8-11,14-15,21H,5-7,12-13,16-17H2,1-4H3/t21-/m0/s1. The lowest BCUT2D eigenvalue weighted by Gasteiger charge is -2.47. The van der Waals surface area contributed by atoms with Gasteiger partial charge in [0.15, 0.2) is 5.78 Å². The van der Waals surface area contributed by atoms with Gasteiger partial charge in [0.2, 0.25) is 10.0 Å². The van der Waals surface area contributed by atoms with Crippen molar-refractivity contribution in [2.24, 2.45) is 5.41 Å². The predicted octanol–water partition coefficient (Wildman–Crippen LogP) is 4.68. The summed E-state index contributed by atoms with van der Waals surface area (Å²) in [6.07, 6.45) is 5.00. The van der Waals surface area contributed by atoms with E-state index in [2.05, 4.69) is 0 Å². The second-order valence-corrected chi connectivity index (χ2v) is 11.2. The number of sulfonamides is 1. The molecular weight excluding hydrogens is 454 g/mol. The molecule has 1 heterocycles. The minimum Gasteiger partial charge on any atom is -0.496 e. The first-order chi connectivity index (χ1) is 16.3. The Balaban J connectivity index is 1.89. The first kappa shape index (κ1) is 24.5. The maximum Gasteiger partial charge on any atom is 0.244 e. The molecule has 1 aliphatic heterocycles. The maximum absolute atomic E-state index is 13.9. The first-order valence-electron chi connectivity index (χ1n) is 11.7. The average Bonchev–Trinajstić information content (AvgIpc) is 2.85. The lowest BCUT2D eigenvalue weighted by molar-refractivity contribution is -0.136. The second-order valence-electron chi connectivity index (χ2n) is 9.29. The van der Waals surface area contributed by atoms with Gasteiger partial charge in [0, 0.05) is 17.5 Å². The average molecular weight is 488 g/mol. The largest absolute Gasteiger partial charge is 0.496 e. The summed E-state index contributed by atoms with van der Waals surface area (Å²) in [4.78, 5) is 13.7. The van der Waals surface area contributed by atoms with E-state index in [-0.39, 0.29) is 17.2 Å². The normalized spacial score (nSPS) is 20.8. The molecular formula is C26H33NO6S. The summed E-state index contributed by atoms with van der Waals surface area (Å²) in [5.74, 6) is 1.51. The van der Waals surface area contributed by atoms with Crippen molar-refractivity contribution in [3.8, 4) is 17.2 Å². The molecule has 0 unspecified atom stereocenters. The molecule has 0 aromatic heterocycles. The zero-order chi connectivity index (χ0) is 24.5. The van der Waals surface area contributed by atoms with Crippen LogP contribution < -0.4 is 14.2 Å². The van der Waals surface area contributed by atoms with Crippen LogP contribution in [0.2, 0.25) is 0 Å². The molecule has 8 heteroatoms. The highest BCUT2D eigenvalue weighted by atomic mass is 32.2. The number of ether oxygens (including phenoxy) is 3. The van der Waals surface area contributed by atoms with Crippen LogP contribution in [-0.4, -0.2) is 46.4 Å². The minimum atomic E-state index is -3.96. The van der Waals surface area contributed by atoms with Gasteiger partial charge in [-0.1, -0.05) is 37.0 Å². The van der Waals surface area contributed by atoms with E-state index >= 15 is 0 Å². The number of rotatable bonds is 6. The van der Waals surface area contributed by atoms with Crippen LogP contribution in [0.4, 0.5) is 0 Å². The molecule has 0 radical (unpaired) electrons. The third-order valence-electron chi connectivity index (χ3n) is 7.35. The van der Waals surface area contributed by atoms with Gasteiger partial charge in [0.05, 0.1) is 44.4 Å². The lowest BCUT2D eigenvalue weighted by Crippen LogP contribution is -2.52. The van der Waals surface area contributed by atoms with Crippen LogP contribution in [0.15, 0.2) is 41.3 Å². The number of nitrogens with zero attached hydrogens (tertiary/aromatic N) is 1. The third kappa shape index (κ3) is 4.29. The van der Waals surface area contributed by atoms with Crippen molar-refractivity contribution in [2.45, 2.75) is 56.4 Å². The smallest absolute Gasteiger partial charge is 0.244 e. The Morgan fingerprint density at radius 1 is 0.912 bits per heavy atom. The van der Waals surface area contributed by atoms with Crippen molar-refractivity contribution in [1.82, 2.24) is 4.31 Å². The van der Waals surface area contributed by atoms with Crippen LogP contribution in [0, 0.1) is 12.3 Å². The number of hydrogen-bond donors (Lipinski definition) is 0. The van der Waals surface area contributed by atoms with E-state index < -0.39 is 21.5 Å². The fraction of sp³-hybridized carbons (Fsp3) is 0.500. The van der Waals surface area contributed by atoms with E-state index in [0.717, 1.165) is 37.7 Å². The Morgan fingerprint density at radius 3 is 2.03 bits per heavy atom. The van der Waals surface area contributed by atoms with Crippen molar-refractivity contribution < 1.29 is 27.4 Å². The van der Waals surface area contributed by atoms with Crippen LogP contribution in [0.25, 0.3) is 0 Å². The Labute approximate surface area is 202 Å². The molecule has 7 nitrogen and oxygen atoms in total. The molecule has 0 amide bonds. The number of benzene rings is 2. The maximum atomic E-state index is 13.9. The van der Waals surface area contributed by atoms with E-state index in [9.17, 15) is 13.2 Å². The van der Waals surface area contributed by atoms with Gasteiger partial charge < -0.3 is 14.2 Å². The number of carbonyl (C=O) groups is 1. The van der Waals surface area contributed by atoms with Crippen LogP contribution in [0.5, 0.6) is 17.2 Å². The number of aryl methyl sites for hydroxylation is 1. The monoisotopic (exact) mass is 487 g/mol. The number of hydrogen-bond acceptors (Lipinski definition) is 6. The van der Waals surface area contributed by atoms with Crippen LogP contribution >= 0.6 is 0 Å². The molecule has 34 heavy (non-hydrogen) atoms. The molecule has 4 rings (SSSR count). The topological polar surface area (TPSA) is 82.1 Å². The Kier molecular flexibility index (Phi) is 6.92. The quantitative estimate of drug-likeness (QED) is 0.589. The SMILES string of the molecule is COc1cc(OC)c([C@@H]2CC3(CCCCC3)C(=O)CN2S(=O)(=O)c2ccc(C)cc2)c(OC)c1. The zero-order valence-corrected chi connectivity index (χ0v) is 21.1. The van der Waals surface area contributed by atoms with E-state index in [0.29, 0.717) is 29.2 Å². The van der Waals surface area contributed by atoms with Crippen molar-refractivity contribution in [1.29, 1.82) is 0 Å². The summed E-state index contributed by atoms with van der Waals surface area (Å²) < 4.78 is 45.9. The highest BCUT2D eigenvalue weighted by Crippen LogP contribution is 2.53. The second kappa shape index (κ2) is 9.58. The lowest BCUT2D eigenvalue weighted by atomic mass is 9.65. The molecule has 0 bridgehead atoms. The molecule has 1 spiro atoms. The van der Waals surface area contributed by atoms with Crippen molar-refractivity contribution >= 4 is 15.8 Å². The summed E-state index contributed by atoms with van der Waals surface area (Å²) in [5, 5.41) is 0. The van der Waals surface area contributed by atoms with Crippen LogP contribution in [0.1, 0.15) is 55.7 Å². The van der Waals surface area contributed by atoms with E-state index in [1.165, 1.54) is 4.31 Å². The molecule has 1 saturated heterocycles. The summed E-state index contributed by atoms with van der Waals surface area (Å²) in [7, 11) is 0.679. The molecule has 184 valence electrons. The van der Waals surface area contributed by atoms with E-state index in [1.54, 1.807) is 57.7 Å². The van der Waals surface area contributed by atoms with E-state index in [1.807, 2.05) is 6.92 Å². The molecule has 2 aliphatic rings. The number of piperidine rings is 1. The molecule has 1 atom stereocenters. The number of Topliss-reactive ketones (excluding diaryl/α,β-unsaturated/α-hetero) is 1. The number of ketones is 1. The Morgan fingerprint density at radius 2 is 1.50 bits per heavy atom. The number of carbonyl (C=O) groups excluding carboxylic acids is 1. The fourth-order valence-corrected chi connectivity index (χ4v) is 6.97. The van der Waals surface area contributed by atoms with Crippen LogP contribution in [0.3, 0.4) is 0 Å². The van der Waals surface area contributed by atoms with E-state index in [4.69, 9.17) is 14.2 Å². The highest BCUT2D eigenvalue weighted by Gasteiger charge is 2.51. The van der Waals surface area contributed by atoms with Crippen molar-refractivity contribution in [3.05, 3.63) is 47.5 Å². The van der Waals surface area contributed by atoms with Gasteiger partial charge in [-0.3, -0.25) is 4.79 Å². The molecule has 1 saturated carbocycles. The zero-order valence-electron chi connectivity index (χ0n) is 20.3.